The molecule has 4 rings (SSSR count). The van der Waals surface area contributed by atoms with Crippen LogP contribution in [0.1, 0.15) is 0 Å². The summed E-state index contributed by atoms with van der Waals surface area (Å²) in [5, 5.41) is 10.1. The largest absolute Gasteiger partial charge is 0.485 e. The van der Waals surface area contributed by atoms with Crippen LogP contribution in [0.3, 0.4) is 0 Å². The van der Waals surface area contributed by atoms with Gasteiger partial charge in [-0.3, -0.25) is 10.1 Å². The second kappa shape index (κ2) is 6.23. The van der Waals surface area contributed by atoms with Crippen LogP contribution >= 0.6 is 0 Å². The SMILES string of the molecule is O=C(Nc1nnc(-c2ccc(F)cc2)o1)[C@@H]1COc2ccccc2O1. The van der Waals surface area contributed by atoms with Gasteiger partial charge in [0, 0.05) is 5.56 Å². The van der Waals surface area contributed by atoms with E-state index in [2.05, 4.69) is 15.5 Å². The number of hydrogen-bond donors (Lipinski definition) is 1. The molecule has 3 aromatic rings. The number of fused-ring (bicyclic) bond motifs is 1. The van der Waals surface area contributed by atoms with Crippen molar-refractivity contribution < 1.29 is 23.1 Å². The Labute approximate surface area is 141 Å². The molecule has 0 fully saturated rings. The molecule has 7 nitrogen and oxygen atoms in total. The zero-order valence-electron chi connectivity index (χ0n) is 12.8. The summed E-state index contributed by atoms with van der Waals surface area (Å²) in [6.07, 6.45) is -0.837. The molecule has 25 heavy (non-hydrogen) atoms. The predicted molar refractivity (Wildman–Crippen MR) is 84.7 cm³/mol. The van der Waals surface area contributed by atoms with Crippen molar-refractivity contribution in [3.8, 4) is 23.0 Å². The number of para-hydroxylation sites is 2. The second-order valence-electron chi connectivity index (χ2n) is 5.27. The Bertz CT molecular complexity index is 910. The van der Waals surface area contributed by atoms with Crippen molar-refractivity contribution in [2.75, 3.05) is 11.9 Å². The van der Waals surface area contributed by atoms with E-state index in [4.69, 9.17) is 13.9 Å². The topological polar surface area (TPSA) is 86.5 Å². The van der Waals surface area contributed by atoms with Crippen LogP contribution in [0.15, 0.2) is 52.9 Å². The Balaban J connectivity index is 1.44. The summed E-state index contributed by atoms with van der Waals surface area (Å²) >= 11 is 0. The molecule has 1 atom stereocenters. The molecule has 0 unspecified atom stereocenters. The van der Waals surface area contributed by atoms with Gasteiger partial charge in [0.15, 0.2) is 11.5 Å². The number of aromatic nitrogens is 2. The molecule has 1 aliphatic heterocycles. The molecule has 1 amide bonds. The minimum Gasteiger partial charge on any atom is -0.485 e. The quantitative estimate of drug-likeness (QED) is 0.788. The molecule has 126 valence electrons. The highest BCUT2D eigenvalue weighted by molar-refractivity contribution is 5.93. The summed E-state index contributed by atoms with van der Waals surface area (Å²) in [4.78, 5) is 12.3. The summed E-state index contributed by atoms with van der Waals surface area (Å²) < 4.78 is 29.4. The van der Waals surface area contributed by atoms with Crippen LogP contribution in [-0.2, 0) is 4.79 Å². The first-order chi connectivity index (χ1) is 12.2. The van der Waals surface area contributed by atoms with Gasteiger partial charge < -0.3 is 13.9 Å². The van der Waals surface area contributed by atoms with Crippen LogP contribution < -0.4 is 14.8 Å². The van der Waals surface area contributed by atoms with Crippen LogP contribution in [0, 0.1) is 5.82 Å². The van der Waals surface area contributed by atoms with Gasteiger partial charge in [0.1, 0.15) is 12.4 Å². The van der Waals surface area contributed by atoms with Gasteiger partial charge in [0.2, 0.25) is 12.0 Å². The molecule has 2 aromatic carbocycles. The number of amides is 1. The Hall–Kier alpha value is -3.42. The molecule has 0 radical (unpaired) electrons. The van der Waals surface area contributed by atoms with Gasteiger partial charge in [-0.2, -0.15) is 0 Å². The van der Waals surface area contributed by atoms with Crippen molar-refractivity contribution in [1.29, 1.82) is 0 Å². The van der Waals surface area contributed by atoms with Gasteiger partial charge in [-0.1, -0.05) is 17.2 Å². The molecule has 2 heterocycles. The molecule has 0 saturated heterocycles. The maximum atomic E-state index is 12.9. The predicted octanol–water partition coefficient (Wildman–Crippen LogP) is 2.65. The fourth-order valence-corrected chi connectivity index (χ4v) is 2.32. The molecule has 0 spiro atoms. The highest BCUT2D eigenvalue weighted by atomic mass is 19.1. The summed E-state index contributed by atoms with van der Waals surface area (Å²) in [5.41, 5.74) is 0.542. The normalized spacial score (nSPS) is 15.6. The smallest absolute Gasteiger partial charge is 0.322 e. The molecule has 1 aliphatic rings. The maximum Gasteiger partial charge on any atom is 0.322 e. The Morgan fingerprint density at radius 1 is 1.08 bits per heavy atom. The first-order valence-corrected chi connectivity index (χ1v) is 7.48. The summed E-state index contributed by atoms with van der Waals surface area (Å²) in [6, 6.07) is 12.6. The van der Waals surface area contributed by atoms with Crippen LogP contribution in [0.4, 0.5) is 10.4 Å². The summed E-state index contributed by atoms with van der Waals surface area (Å²) in [7, 11) is 0. The highest BCUT2D eigenvalue weighted by Crippen LogP contribution is 2.31. The first-order valence-electron chi connectivity index (χ1n) is 7.48. The standard InChI is InChI=1S/C17H12FN3O4/c18-11-7-5-10(6-8-11)16-20-21-17(25-16)19-15(22)14-9-23-12-3-1-2-4-13(12)24-14/h1-8,14H,9H2,(H,19,21,22)/t14-/m0/s1. The van der Waals surface area contributed by atoms with E-state index in [9.17, 15) is 9.18 Å². The molecule has 1 aromatic heterocycles. The van der Waals surface area contributed by atoms with E-state index >= 15 is 0 Å². The molecule has 0 aliphatic carbocycles. The van der Waals surface area contributed by atoms with Crippen molar-refractivity contribution in [3.05, 3.63) is 54.3 Å². The highest BCUT2D eigenvalue weighted by Gasteiger charge is 2.28. The Kier molecular flexibility index (Phi) is 3.77. The average molecular weight is 341 g/mol. The average Bonchev–Trinajstić information content (AvgIpc) is 3.10. The lowest BCUT2D eigenvalue weighted by Gasteiger charge is -2.24. The van der Waals surface area contributed by atoms with Crippen molar-refractivity contribution in [2.45, 2.75) is 6.10 Å². The molecular formula is C17H12FN3O4. The number of rotatable bonds is 3. The van der Waals surface area contributed by atoms with Gasteiger partial charge in [0.25, 0.3) is 5.91 Å². The van der Waals surface area contributed by atoms with E-state index in [0.29, 0.717) is 17.1 Å². The van der Waals surface area contributed by atoms with Gasteiger partial charge in [-0.15, -0.1) is 5.10 Å². The third kappa shape index (κ3) is 3.14. The minimum absolute atomic E-state index is 0.0712. The van der Waals surface area contributed by atoms with Crippen molar-refractivity contribution in [1.82, 2.24) is 10.2 Å². The lowest BCUT2D eigenvalue weighted by molar-refractivity contribution is -0.125. The Morgan fingerprint density at radius 3 is 2.64 bits per heavy atom. The summed E-state index contributed by atoms with van der Waals surface area (Å²) in [5.74, 6) is 0.408. The van der Waals surface area contributed by atoms with E-state index in [1.807, 2.05) is 6.07 Å². The number of ether oxygens (including phenoxy) is 2. The van der Waals surface area contributed by atoms with Gasteiger partial charge in [-0.05, 0) is 36.4 Å². The third-order valence-electron chi connectivity index (χ3n) is 3.55. The van der Waals surface area contributed by atoms with Crippen LogP contribution in [0.2, 0.25) is 0 Å². The maximum absolute atomic E-state index is 12.9. The fraction of sp³-hybridized carbons (Fsp3) is 0.118. The molecule has 8 heteroatoms. The van der Waals surface area contributed by atoms with Crippen molar-refractivity contribution >= 4 is 11.9 Å². The summed E-state index contributed by atoms with van der Waals surface area (Å²) in [6.45, 7) is 0.0712. The van der Waals surface area contributed by atoms with Crippen LogP contribution in [0.25, 0.3) is 11.5 Å². The van der Waals surface area contributed by atoms with Crippen LogP contribution in [-0.4, -0.2) is 28.8 Å². The fourth-order valence-electron chi connectivity index (χ4n) is 2.32. The third-order valence-corrected chi connectivity index (χ3v) is 3.55. The number of anilines is 1. The second-order valence-corrected chi connectivity index (χ2v) is 5.27. The van der Waals surface area contributed by atoms with Gasteiger partial charge in [-0.25, -0.2) is 4.39 Å². The van der Waals surface area contributed by atoms with E-state index in [-0.39, 0.29) is 24.3 Å². The Morgan fingerprint density at radius 2 is 1.84 bits per heavy atom. The van der Waals surface area contributed by atoms with E-state index in [1.165, 1.54) is 24.3 Å². The molecule has 0 bridgehead atoms. The van der Waals surface area contributed by atoms with Crippen molar-refractivity contribution in [2.24, 2.45) is 0 Å². The number of carbonyl (C=O) groups excluding carboxylic acids is 1. The monoisotopic (exact) mass is 341 g/mol. The van der Waals surface area contributed by atoms with Crippen molar-refractivity contribution in [3.63, 3.8) is 0 Å². The lowest BCUT2D eigenvalue weighted by Crippen LogP contribution is -2.40. The molecular weight excluding hydrogens is 329 g/mol. The van der Waals surface area contributed by atoms with E-state index in [1.54, 1.807) is 18.2 Å². The van der Waals surface area contributed by atoms with Gasteiger partial charge in [0.05, 0.1) is 0 Å². The van der Waals surface area contributed by atoms with E-state index < -0.39 is 12.0 Å². The van der Waals surface area contributed by atoms with E-state index in [0.717, 1.165) is 0 Å². The molecule has 1 N–H and O–H groups in total. The zero-order valence-corrected chi connectivity index (χ0v) is 12.8. The van der Waals surface area contributed by atoms with Crippen LogP contribution in [0.5, 0.6) is 11.5 Å². The number of halogens is 1. The number of nitrogens with zero attached hydrogens (tertiary/aromatic N) is 2. The number of carbonyl (C=O) groups is 1. The molecule has 0 saturated carbocycles. The zero-order chi connectivity index (χ0) is 17.2. The first kappa shape index (κ1) is 15.1. The number of benzene rings is 2. The number of nitrogens with one attached hydrogen (secondary N) is 1. The lowest BCUT2D eigenvalue weighted by atomic mass is 10.2. The minimum atomic E-state index is -0.837. The van der Waals surface area contributed by atoms with Gasteiger partial charge >= 0.3 is 6.01 Å². The number of hydrogen-bond acceptors (Lipinski definition) is 6.